The standard InChI is InChI=1S/C23H21N3O4S/c1-16(17-7-3-2-4-8-17)24-23(28)20-9-5-6-10-21(20)25-22(27)15-31-19-13-11-18(12-14-19)26(29)30/h2-14,16H,15H2,1H3,(H,24,28)(H,25,27). The summed E-state index contributed by atoms with van der Waals surface area (Å²) >= 11 is 1.26. The number of hydrogen-bond donors (Lipinski definition) is 2. The predicted molar refractivity (Wildman–Crippen MR) is 121 cm³/mol. The van der Waals surface area contributed by atoms with Gasteiger partial charge in [0.15, 0.2) is 0 Å². The summed E-state index contributed by atoms with van der Waals surface area (Å²) in [4.78, 5) is 36.2. The molecule has 0 spiro atoms. The molecule has 1 unspecified atom stereocenters. The number of anilines is 1. The second-order valence-corrected chi connectivity index (χ2v) is 7.79. The lowest BCUT2D eigenvalue weighted by atomic mass is 10.1. The Labute approximate surface area is 184 Å². The number of benzene rings is 3. The van der Waals surface area contributed by atoms with Gasteiger partial charge in [-0.2, -0.15) is 0 Å². The largest absolute Gasteiger partial charge is 0.345 e. The lowest BCUT2D eigenvalue weighted by Crippen LogP contribution is -2.28. The Kier molecular flexibility index (Phi) is 7.40. The number of nitrogens with zero attached hydrogens (tertiary/aromatic N) is 1. The second-order valence-electron chi connectivity index (χ2n) is 6.74. The lowest BCUT2D eigenvalue weighted by molar-refractivity contribution is -0.384. The van der Waals surface area contributed by atoms with E-state index in [-0.39, 0.29) is 29.3 Å². The molecule has 158 valence electrons. The maximum Gasteiger partial charge on any atom is 0.269 e. The van der Waals surface area contributed by atoms with E-state index >= 15 is 0 Å². The molecule has 0 aromatic heterocycles. The molecule has 2 amide bonds. The number of nitro benzene ring substituents is 1. The van der Waals surface area contributed by atoms with Gasteiger partial charge in [-0.05, 0) is 36.8 Å². The highest BCUT2D eigenvalue weighted by Gasteiger charge is 2.16. The predicted octanol–water partition coefficient (Wildman–Crippen LogP) is 4.82. The molecule has 0 aliphatic rings. The van der Waals surface area contributed by atoms with Crippen molar-refractivity contribution in [1.29, 1.82) is 0 Å². The SMILES string of the molecule is CC(NC(=O)c1ccccc1NC(=O)CSc1ccc([N+](=O)[O-])cc1)c1ccccc1. The van der Waals surface area contributed by atoms with Crippen molar-refractivity contribution in [3.63, 3.8) is 0 Å². The van der Waals surface area contributed by atoms with E-state index in [2.05, 4.69) is 10.6 Å². The van der Waals surface area contributed by atoms with Crippen molar-refractivity contribution in [3.8, 4) is 0 Å². The highest BCUT2D eigenvalue weighted by atomic mass is 32.2. The Bertz CT molecular complexity index is 1070. The fourth-order valence-corrected chi connectivity index (χ4v) is 3.59. The van der Waals surface area contributed by atoms with Crippen LogP contribution in [0, 0.1) is 10.1 Å². The van der Waals surface area contributed by atoms with Crippen LogP contribution in [0.25, 0.3) is 0 Å². The van der Waals surface area contributed by atoms with E-state index in [4.69, 9.17) is 0 Å². The number of nitrogens with one attached hydrogen (secondary N) is 2. The quantitative estimate of drug-likeness (QED) is 0.300. The zero-order valence-corrected chi connectivity index (χ0v) is 17.6. The molecular weight excluding hydrogens is 414 g/mol. The van der Waals surface area contributed by atoms with Crippen LogP contribution in [0.2, 0.25) is 0 Å². The first-order valence-corrected chi connectivity index (χ1v) is 10.5. The third-order valence-corrected chi connectivity index (χ3v) is 5.52. The number of rotatable bonds is 8. The Morgan fingerprint density at radius 1 is 0.968 bits per heavy atom. The van der Waals surface area contributed by atoms with Gasteiger partial charge < -0.3 is 10.6 Å². The summed E-state index contributed by atoms with van der Waals surface area (Å²) in [6.07, 6.45) is 0. The summed E-state index contributed by atoms with van der Waals surface area (Å²) in [5.74, 6) is -0.455. The van der Waals surface area contributed by atoms with Gasteiger partial charge >= 0.3 is 0 Å². The molecule has 3 rings (SSSR count). The highest BCUT2D eigenvalue weighted by Crippen LogP contribution is 2.22. The number of thioether (sulfide) groups is 1. The molecule has 0 heterocycles. The Morgan fingerprint density at radius 2 is 1.61 bits per heavy atom. The molecule has 0 aliphatic carbocycles. The van der Waals surface area contributed by atoms with Crippen LogP contribution in [-0.2, 0) is 4.79 Å². The van der Waals surface area contributed by atoms with E-state index in [1.807, 2.05) is 37.3 Å². The van der Waals surface area contributed by atoms with Gasteiger partial charge in [0.2, 0.25) is 5.91 Å². The molecule has 8 heteroatoms. The van der Waals surface area contributed by atoms with Crippen molar-refractivity contribution in [3.05, 3.63) is 100 Å². The maximum absolute atomic E-state index is 12.8. The number of hydrogen-bond acceptors (Lipinski definition) is 5. The fourth-order valence-electron chi connectivity index (χ4n) is 2.89. The molecule has 0 bridgehead atoms. The number of carbonyl (C=O) groups is 2. The third-order valence-electron chi connectivity index (χ3n) is 4.51. The molecule has 2 N–H and O–H groups in total. The van der Waals surface area contributed by atoms with Gasteiger partial charge in [0.1, 0.15) is 0 Å². The van der Waals surface area contributed by atoms with Crippen LogP contribution in [0.15, 0.2) is 83.8 Å². The van der Waals surface area contributed by atoms with Gasteiger partial charge in [-0.3, -0.25) is 19.7 Å². The number of amides is 2. The topological polar surface area (TPSA) is 101 Å². The number of carbonyl (C=O) groups excluding carboxylic acids is 2. The van der Waals surface area contributed by atoms with Crippen molar-refractivity contribution in [1.82, 2.24) is 5.32 Å². The molecule has 0 saturated heterocycles. The molecule has 7 nitrogen and oxygen atoms in total. The smallest absolute Gasteiger partial charge is 0.269 e. The summed E-state index contributed by atoms with van der Waals surface area (Å²) in [5, 5.41) is 16.4. The Hall–Kier alpha value is -3.65. The molecule has 0 radical (unpaired) electrons. The van der Waals surface area contributed by atoms with Crippen molar-refractivity contribution in [2.45, 2.75) is 17.9 Å². The summed E-state index contributed by atoms with van der Waals surface area (Å²) < 4.78 is 0. The average Bonchev–Trinajstić information content (AvgIpc) is 2.79. The summed E-state index contributed by atoms with van der Waals surface area (Å²) in [7, 11) is 0. The van der Waals surface area contributed by atoms with Crippen molar-refractivity contribution >= 4 is 35.0 Å². The molecule has 0 fully saturated rings. The second kappa shape index (κ2) is 10.4. The van der Waals surface area contributed by atoms with Crippen molar-refractivity contribution in [2.75, 3.05) is 11.1 Å². The van der Waals surface area contributed by atoms with E-state index in [0.29, 0.717) is 11.3 Å². The van der Waals surface area contributed by atoms with Gasteiger partial charge in [0.05, 0.1) is 28.0 Å². The van der Waals surface area contributed by atoms with Crippen LogP contribution in [0.3, 0.4) is 0 Å². The first-order valence-electron chi connectivity index (χ1n) is 9.56. The number of non-ortho nitro benzene ring substituents is 1. The zero-order chi connectivity index (χ0) is 22.2. The molecule has 3 aromatic rings. The summed E-state index contributed by atoms with van der Waals surface area (Å²) in [5.41, 5.74) is 1.78. The van der Waals surface area contributed by atoms with Gasteiger partial charge in [-0.1, -0.05) is 42.5 Å². The van der Waals surface area contributed by atoms with E-state index < -0.39 is 4.92 Å². The van der Waals surface area contributed by atoms with Crippen LogP contribution < -0.4 is 10.6 Å². The molecule has 0 saturated carbocycles. The first kappa shape index (κ1) is 22.0. The Morgan fingerprint density at radius 3 is 2.29 bits per heavy atom. The van der Waals surface area contributed by atoms with Crippen LogP contribution in [0.5, 0.6) is 0 Å². The third kappa shape index (κ3) is 6.16. The molecule has 1 atom stereocenters. The van der Waals surface area contributed by atoms with E-state index in [9.17, 15) is 19.7 Å². The van der Waals surface area contributed by atoms with Crippen LogP contribution in [-0.4, -0.2) is 22.5 Å². The van der Waals surface area contributed by atoms with Crippen molar-refractivity contribution in [2.24, 2.45) is 0 Å². The molecule has 0 aliphatic heterocycles. The highest BCUT2D eigenvalue weighted by molar-refractivity contribution is 8.00. The van der Waals surface area contributed by atoms with Crippen molar-refractivity contribution < 1.29 is 14.5 Å². The van der Waals surface area contributed by atoms with Crippen LogP contribution >= 0.6 is 11.8 Å². The molecular formula is C23H21N3O4S. The normalized spacial score (nSPS) is 11.4. The average molecular weight is 436 g/mol. The number of nitro groups is 1. The van der Waals surface area contributed by atoms with E-state index in [1.54, 1.807) is 36.4 Å². The molecule has 3 aromatic carbocycles. The zero-order valence-electron chi connectivity index (χ0n) is 16.8. The lowest BCUT2D eigenvalue weighted by Gasteiger charge is -2.16. The van der Waals surface area contributed by atoms with Crippen LogP contribution in [0.4, 0.5) is 11.4 Å². The number of para-hydroxylation sites is 1. The maximum atomic E-state index is 12.8. The molecule has 31 heavy (non-hydrogen) atoms. The van der Waals surface area contributed by atoms with Crippen LogP contribution in [0.1, 0.15) is 28.9 Å². The van der Waals surface area contributed by atoms with E-state index in [0.717, 1.165) is 10.5 Å². The minimum Gasteiger partial charge on any atom is -0.345 e. The fraction of sp³-hybridized carbons (Fsp3) is 0.130. The van der Waals surface area contributed by atoms with E-state index in [1.165, 1.54) is 23.9 Å². The van der Waals surface area contributed by atoms with Gasteiger partial charge in [0, 0.05) is 17.0 Å². The Balaban J connectivity index is 1.61. The van der Waals surface area contributed by atoms with Gasteiger partial charge in [0.25, 0.3) is 11.6 Å². The minimum absolute atomic E-state index is 0.00141. The summed E-state index contributed by atoms with van der Waals surface area (Å²) in [6, 6.07) is 22.2. The van der Waals surface area contributed by atoms with Gasteiger partial charge in [-0.25, -0.2) is 0 Å². The summed E-state index contributed by atoms with van der Waals surface area (Å²) in [6.45, 7) is 1.90. The van der Waals surface area contributed by atoms with Gasteiger partial charge in [-0.15, -0.1) is 11.8 Å². The minimum atomic E-state index is -0.470. The first-order chi connectivity index (χ1) is 14.9. The monoisotopic (exact) mass is 435 g/mol.